The zero-order valence-corrected chi connectivity index (χ0v) is 10.6. The molecular formula is C11H23N3O2. The fourth-order valence-corrected chi connectivity index (χ4v) is 1.07. The lowest BCUT2D eigenvalue weighted by molar-refractivity contribution is -0.123. The normalized spacial score (nSPS) is 12.3. The van der Waals surface area contributed by atoms with E-state index in [0.29, 0.717) is 6.54 Å². The minimum absolute atomic E-state index is 0.0777. The van der Waals surface area contributed by atoms with Crippen LogP contribution >= 0.6 is 0 Å². The molecule has 0 spiro atoms. The van der Waals surface area contributed by atoms with Crippen LogP contribution < -0.4 is 16.0 Å². The maximum absolute atomic E-state index is 11.5. The van der Waals surface area contributed by atoms with Crippen LogP contribution in [0.5, 0.6) is 0 Å². The van der Waals surface area contributed by atoms with Crippen LogP contribution in [0.3, 0.4) is 0 Å². The summed E-state index contributed by atoms with van der Waals surface area (Å²) in [5.41, 5.74) is 0. The maximum Gasteiger partial charge on any atom is 0.237 e. The second-order valence-corrected chi connectivity index (χ2v) is 4.12. The Morgan fingerprint density at radius 2 is 1.81 bits per heavy atom. The van der Waals surface area contributed by atoms with Crippen molar-refractivity contribution in [2.24, 2.45) is 0 Å². The Kier molecular flexibility index (Phi) is 7.54. The molecule has 0 aliphatic rings. The zero-order valence-electron chi connectivity index (χ0n) is 10.6. The molecule has 0 aliphatic carbocycles. The lowest BCUT2D eigenvalue weighted by Gasteiger charge is -2.15. The third kappa shape index (κ3) is 7.23. The molecule has 0 saturated heterocycles. The average Bonchev–Trinajstić information content (AvgIpc) is 2.21. The van der Waals surface area contributed by atoms with Crippen LogP contribution in [0.1, 0.15) is 34.1 Å². The van der Waals surface area contributed by atoms with Crippen molar-refractivity contribution in [2.45, 2.75) is 46.2 Å². The molecule has 0 aromatic rings. The Hall–Kier alpha value is -1.10. The number of carbonyl (C=O) groups is 2. The van der Waals surface area contributed by atoms with Gasteiger partial charge in [0.1, 0.15) is 0 Å². The SMILES string of the molecule is CCCNC(=O)CNC(C)C(=O)NC(C)C. The van der Waals surface area contributed by atoms with Gasteiger partial charge in [0, 0.05) is 12.6 Å². The van der Waals surface area contributed by atoms with Gasteiger partial charge in [0.25, 0.3) is 0 Å². The van der Waals surface area contributed by atoms with Crippen LogP contribution in [0.25, 0.3) is 0 Å². The van der Waals surface area contributed by atoms with E-state index in [1.807, 2.05) is 20.8 Å². The monoisotopic (exact) mass is 229 g/mol. The lowest BCUT2D eigenvalue weighted by atomic mass is 10.3. The molecule has 0 aromatic heterocycles. The highest BCUT2D eigenvalue weighted by molar-refractivity contribution is 5.83. The van der Waals surface area contributed by atoms with Gasteiger partial charge in [-0.05, 0) is 27.2 Å². The minimum atomic E-state index is -0.352. The number of amides is 2. The Morgan fingerprint density at radius 3 is 2.31 bits per heavy atom. The summed E-state index contributed by atoms with van der Waals surface area (Å²) < 4.78 is 0. The van der Waals surface area contributed by atoms with E-state index < -0.39 is 0 Å². The van der Waals surface area contributed by atoms with Crippen LogP contribution in [-0.4, -0.2) is 37.0 Å². The summed E-state index contributed by atoms with van der Waals surface area (Å²) in [5.74, 6) is -0.163. The lowest BCUT2D eigenvalue weighted by Crippen LogP contribution is -2.47. The van der Waals surface area contributed by atoms with E-state index in [4.69, 9.17) is 0 Å². The first-order chi connectivity index (χ1) is 7.47. The van der Waals surface area contributed by atoms with Crippen molar-refractivity contribution in [3.8, 4) is 0 Å². The summed E-state index contributed by atoms with van der Waals surface area (Å²) in [6, 6.07) is -0.236. The smallest absolute Gasteiger partial charge is 0.237 e. The van der Waals surface area contributed by atoms with E-state index in [1.165, 1.54) is 0 Å². The van der Waals surface area contributed by atoms with E-state index in [0.717, 1.165) is 6.42 Å². The fraction of sp³-hybridized carbons (Fsp3) is 0.818. The number of carbonyl (C=O) groups excluding carboxylic acids is 2. The number of hydrogen-bond donors (Lipinski definition) is 3. The van der Waals surface area contributed by atoms with Gasteiger partial charge in [-0.2, -0.15) is 0 Å². The summed E-state index contributed by atoms with van der Waals surface area (Å²) in [6.07, 6.45) is 0.912. The van der Waals surface area contributed by atoms with Crippen molar-refractivity contribution >= 4 is 11.8 Å². The summed E-state index contributed by atoms with van der Waals surface area (Å²) in [4.78, 5) is 22.7. The quantitative estimate of drug-likeness (QED) is 0.576. The molecule has 3 N–H and O–H groups in total. The van der Waals surface area contributed by atoms with Crippen molar-refractivity contribution in [2.75, 3.05) is 13.1 Å². The Morgan fingerprint density at radius 1 is 1.19 bits per heavy atom. The molecule has 0 heterocycles. The standard InChI is InChI=1S/C11H23N3O2/c1-5-6-12-10(15)7-13-9(4)11(16)14-8(2)3/h8-9,13H,5-7H2,1-4H3,(H,12,15)(H,14,16). The Balaban J connectivity index is 3.75. The maximum atomic E-state index is 11.5. The van der Waals surface area contributed by atoms with Gasteiger partial charge < -0.3 is 10.6 Å². The minimum Gasteiger partial charge on any atom is -0.355 e. The molecule has 5 heteroatoms. The third-order valence-corrected chi connectivity index (χ3v) is 1.97. The summed E-state index contributed by atoms with van der Waals surface area (Å²) in [6.45, 7) is 8.38. The van der Waals surface area contributed by atoms with Crippen LogP contribution in [0, 0.1) is 0 Å². The van der Waals surface area contributed by atoms with Gasteiger partial charge in [-0.3, -0.25) is 14.9 Å². The van der Waals surface area contributed by atoms with E-state index >= 15 is 0 Å². The van der Waals surface area contributed by atoms with Gasteiger partial charge in [0.2, 0.25) is 11.8 Å². The van der Waals surface area contributed by atoms with E-state index in [9.17, 15) is 9.59 Å². The highest BCUT2D eigenvalue weighted by atomic mass is 16.2. The Labute approximate surface area is 97.4 Å². The molecule has 0 bridgehead atoms. The van der Waals surface area contributed by atoms with Crippen molar-refractivity contribution in [3.63, 3.8) is 0 Å². The molecule has 0 aliphatic heterocycles. The van der Waals surface area contributed by atoms with Crippen LogP contribution in [-0.2, 0) is 9.59 Å². The van der Waals surface area contributed by atoms with Gasteiger partial charge >= 0.3 is 0 Å². The summed E-state index contributed by atoms with van der Waals surface area (Å²) in [5, 5.41) is 8.38. The second kappa shape index (κ2) is 8.10. The number of rotatable bonds is 7. The highest BCUT2D eigenvalue weighted by Crippen LogP contribution is 1.85. The van der Waals surface area contributed by atoms with E-state index in [-0.39, 0.29) is 30.4 Å². The molecule has 1 unspecified atom stereocenters. The molecule has 0 fully saturated rings. The van der Waals surface area contributed by atoms with Crippen molar-refractivity contribution in [1.29, 1.82) is 0 Å². The predicted octanol–water partition coefficient (Wildman–Crippen LogP) is 0.0153. The van der Waals surface area contributed by atoms with Crippen LogP contribution in [0.2, 0.25) is 0 Å². The highest BCUT2D eigenvalue weighted by Gasteiger charge is 2.13. The average molecular weight is 229 g/mol. The summed E-state index contributed by atoms with van der Waals surface area (Å²) in [7, 11) is 0. The van der Waals surface area contributed by atoms with Crippen molar-refractivity contribution in [3.05, 3.63) is 0 Å². The molecule has 0 aromatic carbocycles. The first kappa shape index (κ1) is 14.9. The molecule has 16 heavy (non-hydrogen) atoms. The fourth-order valence-electron chi connectivity index (χ4n) is 1.07. The third-order valence-electron chi connectivity index (χ3n) is 1.97. The molecule has 5 nitrogen and oxygen atoms in total. The van der Waals surface area contributed by atoms with E-state index in [2.05, 4.69) is 16.0 Å². The number of nitrogens with one attached hydrogen (secondary N) is 3. The summed E-state index contributed by atoms with van der Waals surface area (Å²) >= 11 is 0. The molecule has 2 amide bonds. The predicted molar refractivity (Wildman–Crippen MR) is 64.0 cm³/mol. The molecule has 0 rings (SSSR count). The first-order valence-corrected chi connectivity index (χ1v) is 5.77. The van der Waals surface area contributed by atoms with Gasteiger partial charge in [0.15, 0.2) is 0 Å². The molecular weight excluding hydrogens is 206 g/mol. The molecule has 1 atom stereocenters. The van der Waals surface area contributed by atoms with Crippen LogP contribution in [0.15, 0.2) is 0 Å². The second-order valence-electron chi connectivity index (χ2n) is 4.12. The topological polar surface area (TPSA) is 70.2 Å². The first-order valence-electron chi connectivity index (χ1n) is 5.77. The zero-order chi connectivity index (χ0) is 12.6. The molecule has 0 radical (unpaired) electrons. The molecule has 94 valence electrons. The van der Waals surface area contributed by atoms with Crippen molar-refractivity contribution in [1.82, 2.24) is 16.0 Å². The van der Waals surface area contributed by atoms with Gasteiger partial charge in [-0.15, -0.1) is 0 Å². The van der Waals surface area contributed by atoms with Gasteiger partial charge in [0.05, 0.1) is 12.6 Å². The van der Waals surface area contributed by atoms with Gasteiger partial charge in [-0.1, -0.05) is 6.92 Å². The van der Waals surface area contributed by atoms with Gasteiger partial charge in [-0.25, -0.2) is 0 Å². The number of hydrogen-bond acceptors (Lipinski definition) is 3. The molecule has 0 saturated carbocycles. The van der Waals surface area contributed by atoms with Crippen molar-refractivity contribution < 1.29 is 9.59 Å². The van der Waals surface area contributed by atoms with Crippen LogP contribution in [0.4, 0.5) is 0 Å². The van der Waals surface area contributed by atoms with E-state index in [1.54, 1.807) is 6.92 Å². The largest absolute Gasteiger partial charge is 0.355 e. The Bertz CT molecular complexity index is 229.